The van der Waals surface area contributed by atoms with Gasteiger partial charge in [0.2, 0.25) is 5.91 Å². The van der Waals surface area contributed by atoms with Crippen LogP contribution in [-0.2, 0) is 9.53 Å². The third-order valence-electron chi connectivity index (χ3n) is 8.19. The Balaban J connectivity index is 1.27. The summed E-state index contributed by atoms with van der Waals surface area (Å²) in [4.78, 5) is 43.0. The normalized spacial score (nSPS) is 16.5. The van der Waals surface area contributed by atoms with E-state index < -0.39 is 12.1 Å². The zero-order valence-corrected chi connectivity index (χ0v) is 25.4. The molecule has 2 aromatic carbocycles. The van der Waals surface area contributed by atoms with Gasteiger partial charge in [0.1, 0.15) is 17.7 Å². The van der Waals surface area contributed by atoms with Crippen LogP contribution < -0.4 is 11.1 Å². The highest BCUT2D eigenvalue weighted by molar-refractivity contribution is 5.86. The predicted molar refractivity (Wildman–Crippen MR) is 167 cm³/mol. The van der Waals surface area contributed by atoms with Gasteiger partial charge < -0.3 is 30.7 Å². The maximum Gasteiger partial charge on any atom is 0.407 e. The zero-order chi connectivity index (χ0) is 30.7. The summed E-state index contributed by atoms with van der Waals surface area (Å²) in [7, 11) is 1.30. The molecule has 3 heterocycles. The number of aromatic amines is 2. The number of nitrogens with two attached hydrogens (primary N) is 1. The zero-order valence-electron chi connectivity index (χ0n) is 25.4. The molecule has 5 rings (SSSR count). The van der Waals surface area contributed by atoms with Gasteiger partial charge in [0.15, 0.2) is 0 Å². The fourth-order valence-corrected chi connectivity index (χ4v) is 5.50. The first kappa shape index (κ1) is 30.0. The summed E-state index contributed by atoms with van der Waals surface area (Å²) in [6, 6.07) is 15.8. The van der Waals surface area contributed by atoms with E-state index in [4.69, 9.17) is 10.5 Å². The van der Waals surface area contributed by atoms with Crippen LogP contribution in [0.25, 0.3) is 33.6 Å². The second-order valence-electron chi connectivity index (χ2n) is 11.8. The maximum absolute atomic E-state index is 13.4. The molecular formula is C33H41N7O3. The van der Waals surface area contributed by atoms with Crippen LogP contribution in [0.3, 0.4) is 0 Å². The topological polar surface area (TPSA) is 142 Å². The summed E-state index contributed by atoms with van der Waals surface area (Å²) in [5.74, 6) is 1.65. The third-order valence-corrected chi connectivity index (χ3v) is 8.19. The minimum Gasteiger partial charge on any atom is -0.453 e. The van der Waals surface area contributed by atoms with Gasteiger partial charge in [-0.1, -0.05) is 76.2 Å². The van der Waals surface area contributed by atoms with Crippen LogP contribution in [0.4, 0.5) is 4.79 Å². The Kier molecular flexibility index (Phi) is 8.96. The lowest BCUT2D eigenvalue weighted by molar-refractivity contribution is -0.135. The number of imidazole rings is 2. The fourth-order valence-electron chi connectivity index (χ4n) is 5.50. The molecule has 1 aliphatic heterocycles. The van der Waals surface area contributed by atoms with E-state index in [9.17, 15) is 9.59 Å². The quantitative estimate of drug-likeness (QED) is 0.195. The number of benzene rings is 2. The van der Waals surface area contributed by atoms with Crippen LogP contribution in [-0.4, -0.2) is 56.5 Å². The van der Waals surface area contributed by atoms with E-state index in [2.05, 4.69) is 87.6 Å². The first-order chi connectivity index (χ1) is 20.7. The van der Waals surface area contributed by atoms with Gasteiger partial charge in [-0.25, -0.2) is 14.8 Å². The van der Waals surface area contributed by atoms with E-state index in [-0.39, 0.29) is 23.9 Å². The minimum atomic E-state index is -0.663. The van der Waals surface area contributed by atoms with Crippen LogP contribution >= 0.6 is 0 Å². The SMILES string of the molecule is COC(=O)N[C@H](C(=O)N1CCCC1c1ncc(-c2ccc(-c3ccc(-c4cnc([C@@H](N)C(C)C)[nH]4)cc3)cc2)[nH]1)C(C)C. The molecule has 1 unspecified atom stereocenters. The number of alkyl carbamates (subject to hydrolysis) is 1. The summed E-state index contributed by atoms with van der Waals surface area (Å²) >= 11 is 0. The average Bonchev–Trinajstić information content (AvgIpc) is 3.80. The molecule has 0 spiro atoms. The van der Waals surface area contributed by atoms with Crippen LogP contribution in [0.5, 0.6) is 0 Å². The minimum absolute atomic E-state index is 0.0818. The Morgan fingerprint density at radius 2 is 1.44 bits per heavy atom. The van der Waals surface area contributed by atoms with Crippen molar-refractivity contribution in [2.45, 2.75) is 58.7 Å². The van der Waals surface area contributed by atoms with Crippen LogP contribution in [0.15, 0.2) is 60.9 Å². The molecule has 4 aromatic rings. The summed E-state index contributed by atoms with van der Waals surface area (Å²) in [5, 5.41) is 2.69. The number of methoxy groups -OCH3 is 1. The molecule has 2 aromatic heterocycles. The van der Waals surface area contributed by atoms with Crippen LogP contribution in [0, 0.1) is 11.8 Å². The number of aromatic nitrogens is 4. The molecule has 1 saturated heterocycles. The second-order valence-corrected chi connectivity index (χ2v) is 11.8. The first-order valence-electron chi connectivity index (χ1n) is 14.9. The van der Waals surface area contributed by atoms with Crippen molar-refractivity contribution in [3.63, 3.8) is 0 Å². The van der Waals surface area contributed by atoms with Gasteiger partial charge in [-0.15, -0.1) is 0 Å². The molecule has 0 aliphatic carbocycles. The maximum atomic E-state index is 13.4. The lowest BCUT2D eigenvalue weighted by Gasteiger charge is -2.30. The summed E-state index contributed by atoms with van der Waals surface area (Å²) < 4.78 is 4.74. The number of carbonyl (C=O) groups excluding carboxylic acids is 2. The first-order valence-corrected chi connectivity index (χ1v) is 14.9. The molecule has 10 nitrogen and oxygen atoms in total. The molecule has 43 heavy (non-hydrogen) atoms. The van der Waals surface area contributed by atoms with Crippen LogP contribution in [0.1, 0.15) is 64.3 Å². The molecule has 10 heteroatoms. The number of nitrogens with zero attached hydrogens (tertiary/aromatic N) is 3. The van der Waals surface area contributed by atoms with Gasteiger partial charge in [-0.3, -0.25) is 4.79 Å². The largest absolute Gasteiger partial charge is 0.453 e. The van der Waals surface area contributed by atoms with Gasteiger partial charge in [0, 0.05) is 6.54 Å². The van der Waals surface area contributed by atoms with Crippen molar-refractivity contribution in [1.29, 1.82) is 0 Å². The van der Waals surface area contributed by atoms with E-state index >= 15 is 0 Å². The molecule has 1 aliphatic rings. The van der Waals surface area contributed by atoms with Crippen molar-refractivity contribution < 1.29 is 14.3 Å². The Hall–Kier alpha value is -4.44. The molecule has 1 fully saturated rings. The number of hydrogen-bond acceptors (Lipinski definition) is 6. The molecule has 226 valence electrons. The molecule has 5 N–H and O–H groups in total. The molecule has 2 amide bonds. The summed E-state index contributed by atoms with van der Waals surface area (Å²) in [6.07, 6.45) is 4.72. The molecule has 3 atom stereocenters. The number of H-pyrrole nitrogens is 2. The number of hydrogen-bond donors (Lipinski definition) is 4. The van der Waals surface area contributed by atoms with Crippen LogP contribution in [0.2, 0.25) is 0 Å². The Labute approximate surface area is 252 Å². The van der Waals surface area contributed by atoms with Gasteiger partial charge in [0.25, 0.3) is 0 Å². The van der Waals surface area contributed by atoms with Crippen molar-refractivity contribution in [2.24, 2.45) is 17.6 Å². The second kappa shape index (κ2) is 12.8. The van der Waals surface area contributed by atoms with Crippen molar-refractivity contribution >= 4 is 12.0 Å². The van der Waals surface area contributed by atoms with E-state index in [0.29, 0.717) is 12.5 Å². The lowest BCUT2D eigenvalue weighted by Crippen LogP contribution is -2.51. The van der Waals surface area contributed by atoms with Crippen molar-refractivity contribution in [2.75, 3.05) is 13.7 Å². The molecular weight excluding hydrogens is 542 g/mol. The van der Waals surface area contributed by atoms with Gasteiger partial charge >= 0.3 is 6.09 Å². The molecule has 0 bridgehead atoms. The lowest BCUT2D eigenvalue weighted by atomic mass is 10.0. The smallest absolute Gasteiger partial charge is 0.407 e. The molecule has 0 radical (unpaired) electrons. The number of likely N-dealkylation sites (tertiary alicyclic amines) is 1. The van der Waals surface area contributed by atoms with E-state index in [1.165, 1.54) is 7.11 Å². The van der Waals surface area contributed by atoms with E-state index in [0.717, 1.165) is 58.1 Å². The number of carbonyl (C=O) groups is 2. The van der Waals surface area contributed by atoms with Crippen molar-refractivity contribution in [1.82, 2.24) is 30.2 Å². The summed E-state index contributed by atoms with van der Waals surface area (Å²) in [6.45, 7) is 8.60. The Morgan fingerprint density at radius 3 is 2.00 bits per heavy atom. The van der Waals surface area contributed by atoms with Gasteiger partial charge in [0.05, 0.1) is 43.0 Å². The number of amides is 2. The Bertz CT molecular complexity index is 1540. The number of nitrogens with one attached hydrogen (secondary N) is 3. The van der Waals surface area contributed by atoms with Gasteiger partial charge in [-0.2, -0.15) is 0 Å². The predicted octanol–water partition coefficient (Wildman–Crippen LogP) is 5.83. The van der Waals surface area contributed by atoms with Crippen molar-refractivity contribution in [3.8, 4) is 33.6 Å². The average molecular weight is 584 g/mol. The monoisotopic (exact) mass is 583 g/mol. The summed E-state index contributed by atoms with van der Waals surface area (Å²) in [5.41, 5.74) is 12.4. The highest BCUT2D eigenvalue weighted by Gasteiger charge is 2.37. The molecule has 0 saturated carbocycles. The highest BCUT2D eigenvalue weighted by Crippen LogP contribution is 2.33. The van der Waals surface area contributed by atoms with Crippen molar-refractivity contribution in [3.05, 3.63) is 72.6 Å². The van der Waals surface area contributed by atoms with E-state index in [1.54, 1.807) is 0 Å². The number of rotatable bonds is 9. The standard InChI is InChI=1S/C33H41N7O3/c1-19(2)28(34)31-36-18-26(38-31)24-14-10-22(11-15-24)21-8-12-23(13-9-21)25-17-35-30(37-25)27-7-6-16-40(27)32(41)29(20(3)4)39-33(42)43-5/h8-15,17-20,27-29H,6-7,16,34H2,1-5H3,(H,35,37)(H,36,38)(H,39,42)/t27?,28-,29-/m0/s1. The fraction of sp³-hybridized carbons (Fsp3) is 0.394. The Morgan fingerprint density at radius 1 is 0.884 bits per heavy atom. The van der Waals surface area contributed by atoms with Gasteiger partial charge in [-0.05, 0) is 46.9 Å². The highest BCUT2D eigenvalue weighted by atomic mass is 16.5. The number of ether oxygens (including phenoxy) is 1. The van der Waals surface area contributed by atoms with E-state index in [1.807, 2.05) is 31.1 Å². The third kappa shape index (κ3) is 6.49.